The highest BCUT2D eigenvalue weighted by Gasteiger charge is 2.16. The number of carbonyl (C=O) groups is 1. The second-order valence-corrected chi connectivity index (χ2v) is 3.81. The Labute approximate surface area is 101 Å². The standard InChI is InChI=1S/C13H16N2O2/c1-4-8-15(9-5-2)13(17)11-7-6-10(3)14-12(11)16/h1,6-7H,5,8-9H2,2-3H3,(H,14,16). The van der Waals surface area contributed by atoms with Crippen LogP contribution in [0.5, 0.6) is 0 Å². The van der Waals surface area contributed by atoms with E-state index in [2.05, 4.69) is 10.9 Å². The Kier molecular flexibility index (Phi) is 4.53. The summed E-state index contributed by atoms with van der Waals surface area (Å²) in [6.07, 6.45) is 6.01. The van der Waals surface area contributed by atoms with E-state index in [0.717, 1.165) is 12.1 Å². The summed E-state index contributed by atoms with van der Waals surface area (Å²) >= 11 is 0. The molecule has 0 saturated carbocycles. The van der Waals surface area contributed by atoms with Crippen molar-refractivity contribution in [1.29, 1.82) is 0 Å². The molecule has 0 aliphatic carbocycles. The third kappa shape index (κ3) is 3.22. The van der Waals surface area contributed by atoms with Gasteiger partial charge in [-0.3, -0.25) is 9.59 Å². The Balaban J connectivity index is 3.01. The van der Waals surface area contributed by atoms with E-state index in [1.54, 1.807) is 13.0 Å². The number of aryl methyl sites for hydroxylation is 1. The van der Waals surface area contributed by atoms with Crippen molar-refractivity contribution in [1.82, 2.24) is 9.88 Å². The van der Waals surface area contributed by atoms with Crippen LogP contribution >= 0.6 is 0 Å². The maximum atomic E-state index is 12.1. The van der Waals surface area contributed by atoms with E-state index in [4.69, 9.17) is 6.42 Å². The molecular weight excluding hydrogens is 216 g/mol. The fraction of sp³-hybridized carbons (Fsp3) is 0.385. The molecule has 4 nitrogen and oxygen atoms in total. The molecule has 1 rings (SSSR count). The summed E-state index contributed by atoms with van der Waals surface area (Å²) in [5.74, 6) is 2.11. The number of amides is 1. The van der Waals surface area contributed by atoms with E-state index in [1.165, 1.54) is 11.0 Å². The first-order chi connectivity index (χ1) is 8.10. The highest BCUT2D eigenvalue weighted by atomic mass is 16.2. The minimum atomic E-state index is -0.367. The Bertz CT molecular complexity index is 497. The van der Waals surface area contributed by atoms with Gasteiger partial charge in [0.1, 0.15) is 5.56 Å². The lowest BCUT2D eigenvalue weighted by atomic mass is 10.2. The number of carbonyl (C=O) groups excluding carboxylic acids is 1. The molecule has 0 saturated heterocycles. The van der Waals surface area contributed by atoms with Gasteiger partial charge < -0.3 is 9.88 Å². The summed E-state index contributed by atoms with van der Waals surface area (Å²) in [4.78, 5) is 27.8. The van der Waals surface area contributed by atoms with Crippen LogP contribution in [-0.2, 0) is 0 Å². The molecule has 0 spiro atoms. The molecule has 17 heavy (non-hydrogen) atoms. The maximum Gasteiger partial charge on any atom is 0.260 e. The summed E-state index contributed by atoms with van der Waals surface area (Å²) in [6, 6.07) is 3.24. The number of nitrogens with zero attached hydrogens (tertiary/aromatic N) is 1. The van der Waals surface area contributed by atoms with Crippen molar-refractivity contribution in [2.45, 2.75) is 20.3 Å². The van der Waals surface area contributed by atoms with Crippen LogP contribution in [0.2, 0.25) is 0 Å². The van der Waals surface area contributed by atoms with Crippen LogP contribution in [0.25, 0.3) is 0 Å². The molecule has 90 valence electrons. The molecule has 0 aromatic carbocycles. The zero-order chi connectivity index (χ0) is 12.8. The normalized spacial score (nSPS) is 9.71. The van der Waals surface area contributed by atoms with Crippen LogP contribution < -0.4 is 5.56 Å². The lowest BCUT2D eigenvalue weighted by molar-refractivity contribution is 0.0775. The number of H-pyrrole nitrogens is 1. The number of aromatic amines is 1. The molecule has 0 fully saturated rings. The van der Waals surface area contributed by atoms with Crippen molar-refractivity contribution in [3.63, 3.8) is 0 Å². The Morgan fingerprint density at radius 3 is 2.76 bits per heavy atom. The fourth-order valence-corrected chi connectivity index (χ4v) is 1.54. The molecule has 1 heterocycles. The van der Waals surface area contributed by atoms with Crippen molar-refractivity contribution >= 4 is 5.91 Å². The van der Waals surface area contributed by atoms with Crippen LogP contribution in [-0.4, -0.2) is 28.9 Å². The maximum absolute atomic E-state index is 12.1. The molecule has 0 aliphatic rings. The van der Waals surface area contributed by atoms with Crippen molar-refractivity contribution in [3.8, 4) is 12.3 Å². The van der Waals surface area contributed by atoms with Gasteiger partial charge in [0.2, 0.25) is 0 Å². The van der Waals surface area contributed by atoms with E-state index < -0.39 is 0 Å². The van der Waals surface area contributed by atoms with Gasteiger partial charge in [0.15, 0.2) is 0 Å². The summed E-state index contributed by atoms with van der Waals surface area (Å²) in [6.45, 7) is 4.49. The fourth-order valence-electron chi connectivity index (χ4n) is 1.54. The average Bonchev–Trinajstić information content (AvgIpc) is 2.28. The van der Waals surface area contributed by atoms with Crippen LogP contribution in [0.1, 0.15) is 29.4 Å². The molecule has 0 atom stereocenters. The third-order valence-electron chi connectivity index (χ3n) is 2.35. The second-order valence-electron chi connectivity index (χ2n) is 3.81. The minimum Gasteiger partial charge on any atom is -0.327 e. The lowest BCUT2D eigenvalue weighted by Gasteiger charge is -2.18. The first kappa shape index (κ1) is 13.0. The zero-order valence-electron chi connectivity index (χ0n) is 10.1. The number of nitrogens with one attached hydrogen (secondary N) is 1. The molecule has 1 aromatic heterocycles. The van der Waals surface area contributed by atoms with Gasteiger partial charge in [0.05, 0.1) is 6.54 Å². The summed E-state index contributed by atoms with van der Waals surface area (Å²) in [5.41, 5.74) is 0.498. The SMILES string of the molecule is C#CCN(CCC)C(=O)c1ccc(C)[nH]c1=O. The largest absolute Gasteiger partial charge is 0.327 e. The van der Waals surface area contributed by atoms with Crippen molar-refractivity contribution < 1.29 is 4.79 Å². The van der Waals surface area contributed by atoms with Crippen LogP contribution in [0.4, 0.5) is 0 Å². The zero-order valence-corrected chi connectivity index (χ0v) is 10.1. The topological polar surface area (TPSA) is 53.2 Å². The van der Waals surface area contributed by atoms with Crippen LogP contribution in [0.15, 0.2) is 16.9 Å². The van der Waals surface area contributed by atoms with Crippen molar-refractivity contribution in [2.24, 2.45) is 0 Å². The van der Waals surface area contributed by atoms with Gasteiger partial charge in [-0.1, -0.05) is 12.8 Å². The molecule has 0 aliphatic heterocycles. The number of hydrogen-bond acceptors (Lipinski definition) is 2. The van der Waals surface area contributed by atoms with E-state index in [0.29, 0.717) is 6.54 Å². The predicted octanol–water partition coefficient (Wildman–Crippen LogP) is 1.17. The summed E-state index contributed by atoms with van der Waals surface area (Å²) in [7, 11) is 0. The third-order valence-corrected chi connectivity index (χ3v) is 2.35. The Morgan fingerprint density at radius 1 is 1.53 bits per heavy atom. The quantitative estimate of drug-likeness (QED) is 0.792. The molecule has 0 radical (unpaired) electrons. The molecule has 1 N–H and O–H groups in total. The highest BCUT2D eigenvalue weighted by molar-refractivity contribution is 5.94. The Morgan fingerprint density at radius 2 is 2.24 bits per heavy atom. The van der Waals surface area contributed by atoms with Crippen molar-refractivity contribution in [3.05, 3.63) is 33.7 Å². The van der Waals surface area contributed by atoms with Gasteiger partial charge in [-0.05, 0) is 25.5 Å². The van der Waals surface area contributed by atoms with Gasteiger partial charge in [0.25, 0.3) is 11.5 Å². The summed E-state index contributed by atoms with van der Waals surface area (Å²) in [5, 5.41) is 0. The smallest absolute Gasteiger partial charge is 0.260 e. The monoisotopic (exact) mass is 232 g/mol. The minimum absolute atomic E-state index is 0.138. The highest BCUT2D eigenvalue weighted by Crippen LogP contribution is 2.01. The van der Waals surface area contributed by atoms with E-state index >= 15 is 0 Å². The lowest BCUT2D eigenvalue weighted by Crippen LogP contribution is -2.35. The Hall–Kier alpha value is -2.02. The van der Waals surface area contributed by atoms with Crippen molar-refractivity contribution in [2.75, 3.05) is 13.1 Å². The van der Waals surface area contributed by atoms with Gasteiger partial charge in [0, 0.05) is 12.2 Å². The molecule has 0 unspecified atom stereocenters. The van der Waals surface area contributed by atoms with E-state index in [-0.39, 0.29) is 23.6 Å². The van der Waals surface area contributed by atoms with E-state index in [9.17, 15) is 9.59 Å². The van der Waals surface area contributed by atoms with Gasteiger partial charge in [-0.2, -0.15) is 0 Å². The number of pyridine rings is 1. The van der Waals surface area contributed by atoms with E-state index in [1.807, 2.05) is 6.92 Å². The van der Waals surface area contributed by atoms with Crippen LogP contribution in [0.3, 0.4) is 0 Å². The predicted molar refractivity (Wildman–Crippen MR) is 66.8 cm³/mol. The molecule has 1 amide bonds. The second kappa shape index (κ2) is 5.90. The first-order valence-electron chi connectivity index (χ1n) is 5.52. The molecule has 0 bridgehead atoms. The van der Waals surface area contributed by atoms with Gasteiger partial charge in [-0.25, -0.2) is 0 Å². The number of rotatable bonds is 4. The van der Waals surface area contributed by atoms with Gasteiger partial charge >= 0.3 is 0 Å². The van der Waals surface area contributed by atoms with Gasteiger partial charge in [-0.15, -0.1) is 6.42 Å². The molecule has 4 heteroatoms. The number of aromatic nitrogens is 1. The van der Waals surface area contributed by atoms with Crippen LogP contribution in [0, 0.1) is 19.3 Å². The average molecular weight is 232 g/mol. The number of terminal acetylenes is 1. The first-order valence-corrected chi connectivity index (χ1v) is 5.52. The molecular formula is C13H16N2O2. The summed E-state index contributed by atoms with van der Waals surface area (Å²) < 4.78 is 0. The molecule has 1 aromatic rings. The number of hydrogen-bond donors (Lipinski definition) is 1.